The second-order valence-electron chi connectivity index (χ2n) is 5.96. The molecular weight excluding hydrogens is 262 g/mol. The number of hydrogen-bond acceptors (Lipinski definition) is 2. The van der Waals surface area contributed by atoms with Gasteiger partial charge in [-0.05, 0) is 56.9 Å². The summed E-state index contributed by atoms with van der Waals surface area (Å²) < 4.78 is 5.23. The number of rotatable bonds is 2. The normalized spacial score (nSPS) is 18.0. The van der Waals surface area contributed by atoms with Crippen LogP contribution in [0.25, 0.3) is 0 Å². The van der Waals surface area contributed by atoms with Crippen LogP contribution in [-0.4, -0.2) is 18.2 Å². The van der Waals surface area contributed by atoms with E-state index in [-0.39, 0.29) is 6.09 Å². The lowest BCUT2D eigenvalue weighted by Crippen LogP contribution is -2.34. The highest BCUT2D eigenvalue weighted by Gasteiger charge is 2.24. The van der Waals surface area contributed by atoms with E-state index in [1.807, 2.05) is 32.9 Å². The summed E-state index contributed by atoms with van der Waals surface area (Å²) in [5.41, 5.74) is 2.13. The maximum absolute atomic E-state index is 11.6. The summed E-state index contributed by atoms with van der Waals surface area (Å²) >= 11 is 6.03. The largest absolute Gasteiger partial charge is 0.444 e. The third-order valence-electron chi connectivity index (χ3n) is 3.20. The quantitative estimate of drug-likeness (QED) is 0.893. The van der Waals surface area contributed by atoms with Gasteiger partial charge in [-0.25, -0.2) is 4.79 Å². The number of alkyl carbamates (subject to hydrolysis) is 1. The first-order valence-corrected chi connectivity index (χ1v) is 6.98. The van der Waals surface area contributed by atoms with Crippen molar-refractivity contribution in [2.45, 2.75) is 45.1 Å². The molecule has 0 saturated carbocycles. The Bertz CT molecular complexity index is 480. The number of fused-ring (bicyclic) bond motifs is 1. The maximum atomic E-state index is 11.6. The molecule has 0 heterocycles. The number of hydrogen-bond donors (Lipinski definition) is 1. The van der Waals surface area contributed by atoms with Gasteiger partial charge in [0.2, 0.25) is 0 Å². The van der Waals surface area contributed by atoms with E-state index in [1.54, 1.807) is 0 Å². The van der Waals surface area contributed by atoms with Crippen molar-refractivity contribution in [1.82, 2.24) is 5.32 Å². The summed E-state index contributed by atoms with van der Waals surface area (Å²) in [7, 11) is 0. The molecule has 104 valence electrons. The number of halogens is 1. The SMILES string of the molecule is CC(C)(C)OC(=O)NC[C@@H]1CCc2ccc(Cl)cc21. The van der Waals surface area contributed by atoms with Gasteiger partial charge in [0.15, 0.2) is 0 Å². The molecule has 0 aromatic heterocycles. The first kappa shape index (κ1) is 14.2. The Labute approximate surface area is 119 Å². The predicted molar refractivity (Wildman–Crippen MR) is 76.8 cm³/mol. The van der Waals surface area contributed by atoms with E-state index in [4.69, 9.17) is 16.3 Å². The van der Waals surface area contributed by atoms with Crippen molar-refractivity contribution in [2.75, 3.05) is 6.54 Å². The number of benzene rings is 1. The maximum Gasteiger partial charge on any atom is 0.407 e. The number of nitrogens with one attached hydrogen (secondary N) is 1. The summed E-state index contributed by atoms with van der Waals surface area (Å²) in [4.78, 5) is 11.6. The average Bonchev–Trinajstić information content (AvgIpc) is 2.66. The van der Waals surface area contributed by atoms with E-state index in [9.17, 15) is 4.79 Å². The summed E-state index contributed by atoms with van der Waals surface area (Å²) in [6.45, 7) is 6.17. The van der Waals surface area contributed by atoms with E-state index in [2.05, 4.69) is 11.4 Å². The van der Waals surface area contributed by atoms with Crippen LogP contribution in [0.3, 0.4) is 0 Å². The molecular formula is C15H20ClNO2. The zero-order valence-corrected chi connectivity index (χ0v) is 12.4. The van der Waals surface area contributed by atoms with Crippen LogP contribution < -0.4 is 5.32 Å². The Morgan fingerprint density at radius 2 is 2.21 bits per heavy atom. The topological polar surface area (TPSA) is 38.3 Å². The van der Waals surface area contributed by atoms with Crippen LogP contribution in [0.4, 0.5) is 4.79 Å². The van der Waals surface area contributed by atoms with E-state index >= 15 is 0 Å². The van der Waals surface area contributed by atoms with Crippen molar-refractivity contribution >= 4 is 17.7 Å². The molecule has 0 radical (unpaired) electrons. The van der Waals surface area contributed by atoms with E-state index in [1.165, 1.54) is 11.1 Å². The number of aryl methyl sites for hydroxylation is 1. The van der Waals surface area contributed by atoms with Gasteiger partial charge in [-0.1, -0.05) is 17.7 Å². The Balaban J connectivity index is 1.93. The molecule has 1 atom stereocenters. The molecule has 4 heteroatoms. The average molecular weight is 282 g/mol. The van der Waals surface area contributed by atoms with Crippen molar-refractivity contribution in [1.29, 1.82) is 0 Å². The highest BCUT2D eigenvalue weighted by atomic mass is 35.5. The summed E-state index contributed by atoms with van der Waals surface area (Å²) in [6, 6.07) is 6.00. The molecule has 0 fully saturated rings. The second-order valence-corrected chi connectivity index (χ2v) is 6.40. The third-order valence-corrected chi connectivity index (χ3v) is 3.44. The minimum atomic E-state index is -0.457. The molecule has 1 amide bonds. The molecule has 2 rings (SSSR count). The lowest BCUT2D eigenvalue weighted by molar-refractivity contribution is 0.0524. The Kier molecular flexibility index (Phi) is 4.04. The summed E-state index contributed by atoms with van der Waals surface area (Å²) in [5, 5.41) is 3.59. The number of amides is 1. The van der Waals surface area contributed by atoms with E-state index < -0.39 is 5.60 Å². The smallest absolute Gasteiger partial charge is 0.407 e. The fourth-order valence-corrected chi connectivity index (χ4v) is 2.57. The van der Waals surface area contributed by atoms with Crippen molar-refractivity contribution in [3.05, 3.63) is 34.3 Å². The van der Waals surface area contributed by atoms with Gasteiger partial charge in [0.1, 0.15) is 5.60 Å². The minimum Gasteiger partial charge on any atom is -0.444 e. The summed E-state index contributed by atoms with van der Waals surface area (Å²) in [5.74, 6) is 0.334. The first-order chi connectivity index (χ1) is 8.85. The molecule has 0 saturated heterocycles. The van der Waals surface area contributed by atoms with Crippen LogP contribution in [0.5, 0.6) is 0 Å². The zero-order chi connectivity index (χ0) is 14.0. The third kappa shape index (κ3) is 3.87. The number of carbonyl (C=O) groups is 1. The molecule has 1 aliphatic carbocycles. The van der Waals surface area contributed by atoms with Crippen molar-refractivity contribution < 1.29 is 9.53 Å². The van der Waals surface area contributed by atoms with Gasteiger partial charge < -0.3 is 10.1 Å². The van der Waals surface area contributed by atoms with Gasteiger partial charge >= 0.3 is 6.09 Å². The second kappa shape index (κ2) is 5.41. The van der Waals surface area contributed by atoms with Crippen LogP contribution >= 0.6 is 11.6 Å². The lowest BCUT2D eigenvalue weighted by atomic mass is 10.0. The monoisotopic (exact) mass is 281 g/mol. The molecule has 0 unspecified atom stereocenters. The van der Waals surface area contributed by atoms with Crippen molar-refractivity contribution in [3.8, 4) is 0 Å². The minimum absolute atomic E-state index is 0.334. The van der Waals surface area contributed by atoms with E-state index in [0.29, 0.717) is 12.5 Å². The lowest BCUT2D eigenvalue weighted by Gasteiger charge is -2.21. The first-order valence-electron chi connectivity index (χ1n) is 6.60. The van der Waals surface area contributed by atoms with Crippen LogP contribution in [0.2, 0.25) is 5.02 Å². The van der Waals surface area contributed by atoms with Crippen molar-refractivity contribution in [3.63, 3.8) is 0 Å². The molecule has 19 heavy (non-hydrogen) atoms. The Morgan fingerprint density at radius 3 is 2.89 bits per heavy atom. The van der Waals surface area contributed by atoms with Gasteiger partial charge in [-0.2, -0.15) is 0 Å². The molecule has 0 bridgehead atoms. The van der Waals surface area contributed by atoms with Gasteiger partial charge in [0.25, 0.3) is 0 Å². The van der Waals surface area contributed by atoms with Crippen LogP contribution in [-0.2, 0) is 11.2 Å². The Hall–Kier alpha value is -1.22. The molecule has 0 aliphatic heterocycles. The molecule has 1 aromatic rings. The van der Waals surface area contributed by atoms with Crippen LogP contribution in [0, 0.1) is 0 Å². The number of carbonyl (C=O) groups excluding carboxylic acids is 1. The molecule has 0 spiro atoms. The molecule has 1 N–H and O–H groups in total. The Morgan fingerprint density at radius 1 is 1.47 bits per heavy atom. The zero-order valence-electron chi connectivity index (χ0n) is 11.6. The van der Waals surface area contributed by atoms with Crippen molar-refractivity contribution in [2.24, 2.45) is 0 Å². The van der Waals surface area contributed by atoms with Gasteiger partial charge in [-0.3, -0.25) is 0 Å². The van der Waals surface area contributed by atoms with Gasteiger partial charge in [0.05, 0.1) is 0 Å². The molecule has 3 nitrogen and oxygen atoms in total. The highest BCUT2D eigenvalue weighted by molar-refractivity contribution is 6.30. The van der Waals surface area contributed by atoms with Crippen LogP contribution in [0.1, 0.15) is 44.2 Å². The fraction of sp³-hybridized carbons (Fsp3) is 0.533. The van der Waals surface area contributed by atoms with Gasteiger partial charge in [0, 0.05) is 17.5 Å². The fourth-order valence-electron chi connectivity index (χ4n) is 2.39. The standard InChI is InChI=1S/C15H20ClNO2/c1-15(2,3)19-14(18)17-9-11-5-4-10-6-7-12(16)8-13(10)11/h6-8,11H,4-5,9H2,1-3H3,(H,17,18)/t11-/m0/s1. The van der Waals surface area contributed by atoms with E-state index in [0.717, 1.165) is 17.9 Å². The molecule has 1 aliphatic rings. The molecule has 1 aromatic carbocycles. The highest BCUT2D eigenvalue weighted by Crippen LogP contribution is 2.34. The number of ether oxygens (including phenoxy) is 1. The van der Waals surface area contributed by atoms with Gasteiger partial charge in [-0.15, -0.1) is 0 Å². The predicted octanol–water partition coefficient (Wildman–Crippen LogP) is 3.89. The summed E-state index contributed by atoms with van der Waals surface area (Å²) in [6.07, 6.45) is 1.74. The van der Waals surface area contributed by atoms with Crippen LogP contribution in [0.15, 0.2) is 18.2 Å².